The zero-order chi connectivity index (χ0) is 13.6. The normalized spacial score (nSPS) is 13.2. The third-order valence-corrected chi connectivity index (χ3v) is 3.00. The largest absolute Gasteiger partial charge is 0.441 e. The molecule has 0 atom stereocenters. The van der Waals surface area contributed by atoms with E-state index in [0.29, 0.717) is 22.6 Å². The molecule has 1 heterocycles. The van der Waals surface area contributed by atoms with Crippen molar-refractivity contribution in [1.82, 2.24) is 4.98 Å². The Morgan fingerprint density at radius 3 is 2.50 bits per heavy atom. The number of aromatic nitrogens is 1. The van der Waals surface area contributed by atoms with Gasteiger partial charge in [0, 0.05) is 6.92 Å². The summed E-state index contributed by atoms with van der Waals surface area (Å²) in [6.07, 6.45) is -4.37. The van der Waals surface area contributed by atoms with Gasteiger partial charge in [-0.1, -0.05) is 26.0 Å². The second kappa shape index (κ2) is 4.00. The Morgan fingerprint density at radius 1 is 1.22 bits per heavy atom. The molecule has 0 spiro atoms. The maximum Gasteiger partial charge on any atom is 0.394 e. The lowest BCUT2D eigenvalue weighted by molar-refractivity contribution is -0.210. The van der Waals surface area contributed by atoms with Gasteiger partial charge in [-0.05, 0) is 18.1 Å². The zero-order valence-electron chi connectivity index (χ0n) is 10.4. The molecule has 2 rings (SSSR count). The SMILES string of the molecule is Cc1nc2cccc(CC(C)(C)C(F)(F)F)c2o1. The predicted molar refractivity (Wildman–Crippen MR) is 62.3 cm³/mol. The highest BCUT2D eigenvalue weighted by Crippen LogP contribution is 2.41. The molecule has 0 aliphatic carbocycles. The van der Waals surface area contributed by atoms with Gasteiger partial charge in [-0.3, -0.25) is 0 Å². The van der Waals surface area contributed by atoms with Crippen LogP contribution in [0, 0.1) is 12.3 Å². The number of halogens is 3. The molecule has 0 N–H and O–H groups in total. The van der Waals surface area contributed by atoms with E-state index in [1.807, 2.05) is 0 Å². The van der Waals surface area contributed by atoms with Crippen LogP contribution in [0.5, 0.6) is 0 Å². The van der Waals surface area contributed by atoms with Crippen LogP contribution in [0.25, 0.3) is 11.1 Å². The van der Waals surface area contributed by atoms with Crippen LogP contribution in [-0.4, -0.2) is 11.2 Å². The van der Waals surface area contributed by atoms with Crippen LogP contribution < -0.4 is 0 Å². The molecule has 0 amide bonds. The number of hydrogen-bond donors (Lipinski definition) is 0. The molecular formula is C13H14F3NO. The van der Waals surface area contributed by atoms with Gasteiger partial charge in [0.15, 0.2) is 11.5 Å². The number of para-hydroxylation sites is 1. The zero-order valence-corrected chi connectivity index (χ0v) is 10.4. The summed E-state index contributed by atoms with van der Waals surface area (Å²) in [5.74, 6) is 0.460. The highest BCUT2D eigenvalue weighted by atomic mass is 19.4. The Kier molecular flexibility index (Phi) is 2.87. The van der Waals surface area contributed by atoms with Crippen molar-refractivity contribution in [3.8, 4) is 0 Å². The first-order chi connectivity index (χ1) is 8.21. The van der Waals surface area contributed by atoms with Crippen molar-refractivity contribution in [2.24, 2.45) is 5.41 Å². The Hall–Kier alpha value is -1.52. The van der Waals surface area contributed by atoms with Gasteiger partial charge in [0.1, 0.15) is 5.52 Å². The molecule has 0 aliphatic heterocycles. The Morgan fingerprint density at radius 2 is 1.89 bits per heavy atom. The minimum atomic E-state index is -4.25. The molecule has 0 saturated heterocycles. The summed E-state index contributed by atoms with van der Waals surface area (Å²) in [4.78, 5) is 4.12. The predicted octanol–water partition coefficient (Wildman–Crippen LogP) is 4.27. The molecule has 18 heavy (non-hydrogen) atoms. The van der Waals surface area contributed by atoms with Crippen molar-refractivity contribution in [2.45, 2.75) is 33.4 Å². The summed E-state index contributed by atoms with van der Waals surface area (Å²) in [5.41, 5.74) is -0.201. The van der Waals surface area contributed by atoms with Crippen molar-refractivity contribution in [2.75, 3.05) is 0 Å². The van der Waals surface area contributed by atoms with E-state index in [0.717, 1.165) is 0 Å². The molecular weight excluding hydrogens is 243 g/mol. The number of oxazole rings is 1. The van der Waals surface area contributed by atoms with Crippen LogP contribution in [0.2, 0.25) is 0 Å². The molecule has 0 bridgehead atoms. The average molecular weight is 257 g/mol. The van der Waals surface area contributed by atoms with Crippen molar-refractivity contribution in [3.63, 3.8) is 0 Å². The lowest BCUT2D eigenvalue weighted by atomic mass is 9.85. The van der Waals surface area contributed by atoms with E-state index in [1.165, 1.54) is 13.8 Å². The van der Waals surface area contributed by atoms with Gasteiger partial charge in [0.2, 0.25) is 0 Å². The van der Waals surface area contributed by atoms with Crippen LogP contribution in [-0.2, 0) is 6.42 Å². The van der Waals surface area contributed by atoms with Crippen LogP contribution in [0.1, 0.15) is 25.3 Å². The highest BCUT2D eigenvalue weighted by molar-refractivity contribution is 5.76. The maximum atomic E-state index is 12.9. The first-order valence-electron chi connectivity index (χ1n) is 5.62. The van der Waals surface area contributed by atoms with Crippen LogP contribution in [0.3, 0.4) is 0 Å². The number of alkyl halides is 3. The average Bonchev–Trinajstić information content (AvgIpc) is 2.57. The molecule has 98 valence electrons. The number of nitrogens with zero attached hydrogens (tertiary/aromatic N) is 1. The van der Waals surface area contributed by atoms with Crippen molar-refractivity contribution >= 4 is 11.1 Å². The first-order valence-corrected chi connectivity index (χ1v) is 5.62. The maximum absolute atomic E-state index is 12.9. The van der Waals surface area contributed by atoms with Crippen molar-refractivity contribution < 1.29 is 17.6 Å². The standard InChI is InChI=1S/C13H14F3NO/c1-8-17-10-6-4-5-9(11(10)18-8)7-12(2,3)13(14,15)16/h4-6H,7H2,1-3H3. The lowest BCUT2D eigenvalue weighted by Gasteiger charge is -2.27. The van der Waals surface area contributed by atoms with Gasteiger partial charge < -0.3 is 4.42 Å². The first kappa shape index (κ1) is 12.9. The highest BCUT2D eigenvalue weighted by Gasteiger charge is 2.47. The quantitative estimate of drug-likeness (QED) is 0.803. The Labute approximate surface area is 103 Å². The van der Waals surface area contributed by atoms with Crippen molar-refractivity contribution in [1.29, 1.82) is 0 Å². The van der Waals surface area contributed by atoms with Crippen LogP contribution >= 0.6 is 0 Å². The van der Waals surface area contributed by atoms with E-state index in [4.69, 9.17) is 4.42 Å². The summed E-state index contributed by atoms with van der Waals surface area (Å²) in [7, 11) is 0. The molecule has 0 radical (unpaired) electrons. The molecule has 0 fully saturated rings. The fourth-order valence-electron chi connectivity index (χ4n) is 1.83. The third kappa shape index (κ3) is 2.21. The molecule has 5 heteroatoms. The van der Waals surface area contributed by atoms with E-state index >= 15 is 0 Å². The Balaban J connectivity index is 2.44. The van der Waals surface area contributed by atoms with Gasteiger partial charge in [0.25, 0.3) is 0 Å². The smallest absolute Gasteiger partial charge is 0.394 e. The number of rotatable bonds is 2. The topological polar surface area (TPSA) is 26.0 Å². The molecule has 0 aliphatic rings. The van der Waals surface area contributed by atoms with Crippen LogP contribution in [0.4, 0.5) is 13.2 Å². The molecule has 1 aromatic heterocycles. The molecule has 0 unspecified atom stereocenters. The minimum absolute atomic E-state index is 0.123. The Bertz CT molecular complexity index is 569. The fraction of sp³-hybridized carbons (Fsp3) is 0.462. The second-order valence-electron chi connectivity index (χ2n) is 5.06. The van der Waals surface area contributed by atoms with Gasteiger partial charge in [-0.2, -0.15) is 13.2 Å². The van der Waals surface area contributed by atoms with E-state index in [9.17, 15) is 13.2 Å². The summed E-state index contributed by atoms with van der Waals surface area (Å²) < 4.78 is 44.0. The molecule has 0 saturated carbocycles. The number of fused-ring (bicyclic) bond motifs is 1. The van der Waals surface area contributed by atoms with Gasteiger partial charge >= 0.3 is 6.18 Å². The molecule has 2 nitrogen and oxygen atoms in total. The molecule has 1 aromatic carbocycles. The summed E-state index contributed by atoms with van der Waals surface area (Å²) in [6.45, 7) is 4.06. The minimum Gasteiger partial charge on any atom is -0.441 e. The summed E-state index contributed by atoms with van der Waals surface area (Å²) in [6, 6.07) is 5.09. The number of benzene rings is 1. The third-order valence-electron chi connectivity index (χ3n) is 3.00. The monoisotopic (exact) mass is 257 g/mol. The van der Waals surface area contributed by atoms with Crippen molar-refractivity contribution in [3.05, 3.63) is 29.7 Å². The van der Waals surface area contributed by atoms with Gasteiger partial charge in [-0.25, -0.2) is 4.98 Å². The number of aryl methyl sites for hydroxylation is 1. The number of hydrogen-bond acceptors (Lipinski definition) is 2. The summed E-state index contributed by atoms with van der Waals surface area (Å²) in [5, 5.41) is 0. The van der Waals surface area contributed by atoms with Crippen LogP contribution in [0.15, 0.2) is 22.6 Å². The van der Waals surface area contributed by atoms with E-state index in [1.54, 1.807) is 25.1 Å². The molecule has 2 aromatic rings. The second-order valence-corrected chi connectivity index (χ2v) is 5.06. The van der Waals surface area contributed by atoms with Gasteiger partial charge in [0.05, 0.1) is 5.41 Å². The lowest BCUT2D eigenvalue weighted by Crippen LogP contribution is -2.34. The van der Waals surface area contributed by atoms with E-state index < -0.39 is 11.6 Å². The van der Waals surface area contributed by atoms with E-state index in [2.05, 4.69) is 4.98 Å². The van der Waals surface area contributed by atoms with Gasteiger partial charge in [-0.15, -0.1) is 0 Å². The summed E-state index contributed by atoms with van der Waals surface area (Å²) >= 11 is 0. The fourth-order valence-corrected chi connectivity index (χ4v) is 1.83. The van der Waals surface area contributed by atoms with E-state index in [-0.39, 0.29) is 6.42 Å².